The van der Waals surface area contributed by atoms with Crippen molar-refractivity contribution >= 4 is 38.5 Å². The Balaban J connectivity index is 1.33. The van der Waals surface area contributed by atoms with Crippen LogP contribution in [0.3, 0.4) is 0 Å². The highest BCUT2D eigenvalue weighted by molar-refractivity contribution is 7.22. The van der Waals surface area contributed by atoms with Gasteiger partial charge in [0, 0.05) is 57.6 Å². The molecule has 4 aromatic rings. The minimum absolute atomic E-state index is 0.248. The second-order valence-corrected chi connectivity index (χ2v) is 9.45. The van der Waals surface area contributed by atoms with Crippen molar-refractivity contribution in [3.8, 4) is 11.3 Å². The number of fused-ring (bicyclic) bond motifs is 1. The summed E-state index contributed by atoms with van der Waals surface area (Å²) >= 11 is 1.61. The van der Waals surface area contributed by atoms with Gasteiger partial charge in [0.2, 0.25) is 5.95 Å². The largest absolute Gasteiger partial charge is 0.349 e. The number of benzene rings is 1. The van der Waals surface area contributed by atoms with Gasteiger partial charge in [-0.1, -0.05) is 23.5 Å². The predicted octanol–water partition coefficient (Wildman–Crippen LogP) is 4.28. The summed E-state index contributed by atoms with van der Waals surface area (Å²) in [6, 6.07) is 9.67. The molecule has 0 bridgehead atoms. The van der Waals surface area contributed by atoms with Gasteiger partial charge >= 0.3 is 0 Å². The van der Waals surface area contributed by atoms with E-state index >= 15 is 0 Å². The lowest BCUT2D eigenvalue weighted by Crippen LogP contribution is -2.42. The van der Waals surface area contributed by atoms with Gasteiger partial charge in [-0.2, -0.15) is 0 Å². The Hall–Kier alpha value is -3.21. The second-order valence-electron chi connectivity index (χ2n) is 8.44. The van der Waals surface area contributed by atoms with E-state index in [1.54, 1.807) is 11.3 Å². The zero-order valence-electron chi connectivity index (χ0n) is 20.0. The van der Waals surface area contributed by atoms with Gasteiger partial charge in [0.15, 0.2) is 10.9 Å². The number of halogens is 1. The molecule has 1 aliphatic heterocycles. The first-order chi connectivity index (χ1) is 17.1. The molecule has 1 fully saturated rings. The first-order valence-electron chi connectivity index (χ1n) is 12.0. The standard InChI is InChI=1S/C25H29FN8S/c1-3-34(4-2)25-30-20-7-6-18(13-21(20)35-25)23-19(26)15-29-24(32-23)31-22-8-5-17(14-28-22)16-33-11-9-27-10-12-33/h5-8,13-15,27H,3-4,9-12,16H2,1-2H3,(H,28,29,31,32). The Kier molecular flexibility index (Phi) is 7.12. The van der Waals surface area contributed by atoms with Gasteiger partial charge in [-0.3, -0.25) is 4.90 Å². The molecule has 0 aliphatic carbocycles. The van der Waals surface area contributed by atoms with Crippen molar-refractivity contribution in [3.63, 3.8) is 0 Å². The maximum absolute atomic E-state index is 14.7. The molecule has 0 unspecified atom stereocenters. The Bertz CT molecular complexity index is 1280. The molecule has 4 heterocycles. The smallest absolute Gasteiger partial charge is 0.229 e. The van der Waals surface area contributed by atoms with E-state index in [0.29, 0.717) is 17.3 Å². The molecular weight excluding hydrogens is 463 g/mol. The van der Waals surface area contributed by atoms with E-state index in [1.165, 1.54) is 6.20 Å². The van der Waals surface area contributed by atoms with E-state index in [9.17, 15) is 4.39 Å². The Morgan fingerprint density at radius 3 is 2.63 bits per heavy atom. The fraction of sp³-hybridized carbons (Fsp3) is 0.360. The number of nitrogens with zero attached hydrogens (tertiary/aromatic N) is 6. The first kappa shape index (κ1) is 23.5. The van der Waals surface area contributed by atoms with Crippen molar-refractivity contribution in [1.29, 1.82) is 0 Å². The molecule has 0 spiro atoms. The summed E-state index contributed by atoms with van der Waals surface area (Å²) in [6.07, 6.45) is 3.06. The highest BCUT2D eigenvalue weighted by atomic mass is 32.1. The minimum Gasteiger partial charge on any atom is -0.349 e. The number of rotatable bonds is 8. The summed E-state index contributed by atoms with van der Waals surface area (Å²) < 4.78 is 15.7. The van der Waals surface area contributed by atoms with E-state index in [2.05, 4.69) is 49.2 Å². The van der Waals surface area contributed by atoms with Gasteiger partial charge in [0.25, 0.3) is 0 Å². The van der Waals surface area contributed by atoms with Crippen molar-refractivity contribution in [3.05, 3.63) is 54.1 Å². The molecule has 3 aromatic heterocycles. The van der Waals surface area contributed by atoms with Crippen LogP contribution >= 0.6 is 11.3 Å². The van der Waals surface area contributed by atoms with Crippen LogP contribution in [0, 0.1) is 5.82 Å². The topological polar surface area (TPSA) is 82.1 Å². The number of hydrogen-bond acceptors (Lipinski definition) is 9. The Morgan fingerprint density at radius 1 is 1.06 bits per heavy atom. The molecular formula is C25H29FN8S. The van der Waals surface area contributed by atoms with Crippen LogP contribution in [0.2, 0.25) is 0 Å². The van der Waals surface area contributed by atoms with Crippen LogP contribution in [0.4, 0.5) is 21.3 Å². The van der Waals surface area contributed by atoms with E-state index in [-0.39, 0.29) is 5.69 Å². The number of aromatic nitrogens is 4. The summed E-state index contributed by atoms with van der Waals surface area (Å²) in [7, 11) is 0. The summed E-state index contributed by atoms with van der Waals surface area (Å²) in [6.45, 7) is 11.0. The lowest BCUT2D eigenvalue weighted by molar-refractivity contribution is 0.233. The molecule has 0 radical (unpaired) electrons. The highest BCUT2D eigenvalue weighted by Gasteiger charge is 2.15. The molecule has 35 heavy (non-hydrogen) atoms. The third-order valence-electron chi connectivity index (χ3n) is 6.11. The Morgan fingerprint density at radius 2 is 1.89 bits per heavy atom. The van der Waals surface area contributed by atoms with E-state index < -0.39 is 5.82 Å². The lowest BCUT2D eigenvalue weighted by Gasteiger charge is -2.27. The van der Waals surface area contributed by atoms with Crippen molar-refractivity contribution in [2.75, 3.05) is 49.5 Å². The summed E-state index contributed by atoms with van der Waals surface area (Å²) in [4.78, 5) is 22.4. The monoisotopic (exact) mass is 492 g/mol. The lowest BCUT2D eigenvalue weighted by atomic mass is 10.1. The highest BCUT2D eigenvalue weighted by Crippen LogP contribution is 2.32. The maximum atomic E-state index is 14.7. The fourth-order valence-corrected chi connectivity index (χ4v) is 5.29. The number of pyridine rings is 1. The molecule has 182 valence electrons. The Labute approximate surface area is 208 Å². The van der Waals surface area contributed by atoms with Crippen LogP contribution in [-0.2, 0) is 6.54 Å². The molecule has 0 saturated carbocycles. The van der Waals surface area contributed by atoms with E-state index in [1.807, 2.05) is 36.5 Å². The van der Waals surface area contributed by atoms with E-state index in [4.69, 9.17) is 4.98 Å². The van der Waals surface area contributed by atoms with Crippen LogP contribution < -0.4 is 15.5 Å². The number of anilines is 3. The molecule has 1 saturated heterocycles. The molecule has 0 amide bonds. The molecule has 1 aliphatic rings. The number of nitrogens with one attached hydrogen (secondary N) is 2. The van der Waals surface area contributed by atoms with Crippen molar-refractivity contribution in [1.82, 2.24) is 30.2 Å². The third kappa shape index (κ3) is 5.39. The van der Waals surface area contributed by atoms with Crippen molar-refractivity contribution in [2.45, 2.75) is 20.4 Å². The summed E-state index contributed by atoms with van der Waals surface area (Å²) in [5, 5.41) is 7.44. The maximum Gasteiger partial charge on any atom is 0.229 e. The van der Waals surface area contributed by atoms with Gasteiger partial charge in [0.05, 0.1) is 16.4 Å². The number of piperazine rings is 1. The fourth-order valence-electron chi connectivity index (χ4n) is 4.15. The van der Waals surface area contributed by atoms with Gasteiger partial charge < -0.3 is 15.5 Å². The predicted molar refractivity (Wildman–Crippen MR) is 140 cm³/mol. The zero-order chi connectivity index (χ0) is 24.2. The minimum atomic E-state index is -0.470. The second kappa shape index (κ2) is 10.6. The van der Waals surface area contributed by atoms with Crippen LogP contribution in [0.5, 0.6) is 0 Å². The average Bonchev–Trinajstić information content (AvgIpc) is 3.31. The van der Waals surface area contributed by atoms with Crippen LogP contribution in [0.1, 0.15) is 19.4 Å². The van der Waals surface area contributed by atoms with Gasteiger partial charge in [-0.25, -0.2) is 24.3 Å². The quantitative estimate of drug-likeness (QED) is 0.377. The zero-order valence-corrected chi connectivity index (χ0v) is 20.8. The molecule has 8 nitrogen and oxygen atoms in total. The van der Waals surface area contributed by atoms with Gasteiger partial charge in [-0.15, -0.1) is 0 Å². The summed E-state index contributed by atoms with van der Waals surface area (Å²) in [5.41, 5.74) is 2.99. The van der Waals surface area contributed by atoms with Crippen LogP contribution in [-0.4, -0.2) is 64.1 Å². The molecule has 10 heteroatoms. The van der Waals surface area contributed by atoms with Crippen LogP contribution in [0.15, 0.2) is 42.7 Å². The molecule has 5 rings (SSSR count). The molecule has 1 aromatic carbocycles. The normalized spacial score (nSPS) is 14.4. The van der Waals surface area contributed by atoms with Gasteiger partial charge in [-0.05, 0) is 37.6 Å². The van der Waals surface area contributed by atoms with Crippen LogP contribution in [0.25, 0.3) is 21.5 Å². The van der Waals surface area contributed by atoms with E-state index in [0.717, 1.165) is 66.7 Å². The summed E-state index contributed by atoms with van der Waals surface area (Å²) in [5.74, 6) is 0.452. The van der Waals surface area contributed by atoms with Gasteiger partial charge in [0.1, 0.15) is 11.5 Å². The van der Waals surface area contributed by atoms with Crippen molar-refractivity contribution < 1.29 is 4.39 Å². The molecule has 0 atom stereocenters. The number of hydrogen-bond donors (Lipinski definition) is 2. The number of thiazole rings is 1. The van der Waals surface area contributed by atoms with Crippen molar-refractivity contribution in [2.24, 2.45) is 0 Å². The SMILES string of the molecule is CCN(CC)c1nc2ccc(-c3nc(Nc4ccc(CN5CCNCC5)cn4)ncc3F)cc2s1. The average molecular weight is 493 g/mol. The third-order valence-corrected chi connectivity index (χ3v) is 7.19. The first-order valence-corrected chi connectivity index (χ1v) is 12.8. The molecule has 2 N–H and O–H groups in total.